The third-order valence-electron chi connectivity index (χ3n) is 4.38. The minimum absolute atomic E-state index is 0. The molecule has 0 fully saturated rings. The van der Waals surface area contributed by atoms with E-state index in [1.54, 1.807) is 29.2 Å². The van der Waals surface area contributed by atoms with Gasteiger partial charge in [-0.3, -0.25) is 9.69 Å². The Morgan fingerprint density at radius 2 is 1.88 bits per heavy atom. The van der Waals surface area contributed by atoms with Crippen LogP contribution in [0.2, 0.25) is 5.02 Å². The Bertz CT molecular complexity index is 811. The van der Waals surface area contributed by atoms with Crippen LogP contribution in [0.4, 0.5) is 13.2 Å². The number of alkyl halides is 3. The number of carboxylic acids is 1. The smallest absolute Gasteiger partial charge is 0.416 e. The van der Waals surface area contributed by atoms with Crippen molar-refractivity contribution in [1.29, 1.82) is 0 Å². The molecule has 1 atom stereocenters. The Kier molecular flexibility index (Phi) is 6.21. The summed E-state index contributed by atoms with van der Waals surface area (Å²) in [5, 5.41) is 10.0. The van der Waals surface area contributed by atoms with Crippen LogP contribution in [0.15, 0.2) is 42.5 Å². The molecule has 0 saturated heterocycles. The first-order valence-corrected chi connectivity index (χ1v) is 8.03. The second-order valence-electron chi connectivity index (χ2n) is 6.04. The molecule has 2 aromatic carbocycles. The van der Waals surface area contributed by atoms with Crippen LogP contribution in [0.5, 0.6) is 0 Å². The predicted octanol–water partition coefficient (Wildman–Crippen LogP) is 4.79. The second-order valence-corrected chi connectivity index (χ2v) is 6.44. The van der Waals surface area contributed by atoms with Gasteiger partial charge in [-0.15, -0.1) is 12.4 Å². The van der Waals surface area contributed by atoms with Crippen molar-refractivity contribution in [2.45, 2.75) is 31.7 Å². The van der Waals surface area contributed by atoms with E-state index in [1.807, 2.05) is 0 Å². The van der Waals surface area contributed by atoms with Crippen LogP contribution in [-0.2, 0) is 30.5 Å². The number of fused-ring (bicyclic) bond motifs is 1. The van der Waals surface area contributed by atoms with Gasteiger partial charge in [-0.2, -0.15) is 13.2 Å². The van der Waals surface area contributed by atoms with Gasteiger partial charge in [-0.1, -0.05) is 35.9 Å². The summed E-state index contributed by atoms with van der Waals surface area (Å²) in [5.74, 6) is -1.00. The van der Waals surface area contributed by atoms with Gasteiger partial charge in [-0.05, 0) is 41.3 Å². The van der Waals surface area contributed by atoms with Crippen molar-refractivity contribution in [1.82, 2.24) is 4.90 Å². The Morgan fingerprint density at radius 3 is 2.50 bits per heavy atom. The Balaban J connectivity index is 0.00000243. The van der Waals surface area contributed by atoms with Crippen LogP contribution in [0, 0.1) is 0 Å². The van der Waals surface area contributed by atoms with Crippen LogP contribution < -0.4 is 0 Å². The molecule has 8 heteroatoms. The highest BCUT2D eigenvalue weighted by Crippen LogP contribution is 2.34. The summed E-state index contributed by atoms with van der Waals surface area (Å²) in [6.45, 7) is 0.383. The van der Waals surface area contributed by atoms with Crippen LogP contribution in [-0.4, -0.2) is 22.0 Å². The fourth-order valence-corrected chi connectivity index (χ4v) is 3.27. The Morgan fingerprint density at radius 1 is 1.19 bits per heavy atom. The van der Waals surface area contributed by atoms with Crippen LogP contribution >= 0.6 is 24.0 Å². The zero-order valence-corrected chi connectivity index (χ0v) is 15.0. The average Bonchev–Trinajstić information content (AvgIpc) is 2.54. The van der Waals surface area contributed by atoms with Crippen LogP contribution in [0.1, 0.15) is 22.3 Å². The van der Waals surface area contributed by atoms with Gasteiger partial charge in [0.15, 0.2) is 0 Å². The van der Waals surface area contributed by atoms with Crippen molar-refractivity contribution in [2.75, 3.05) is 0 Å². The third kappa shape index (κ3) is 4.31. The van der Waals surface area contributed by atoms with E-state index >= 15 is 0 Å². The minimum atomic E-state index is -4.42. The molecule has 1 N–H and O–H groups in total. The number of carboxylic acid groups (broad SMARTS) is 1. The highest BCUT2D eigenvalue weighted by molar-refractivity contribution is 6.31. The third-order valence-corrected chi connectivity index (χ3v) is 4.75. The molecule has 1 heterocycles. The molecule has 0 aliphatic carbocycles. The Labute approximate surface area is 159 Å². The lowest BCUT2D eigenvalue weighted by molar-refractivity contribution is -0.144. The van der Waals surface area contributed by atoms with Crippen molar-refractivity contribution >= 4 is 30.0 Å². The molecule has 0 saturated carbocycles. The van der Waals surface area contributed by atoms with Gasteiger partial charge < -0.3 is 5.11 Å². The summed E-state index contributed by atoms with van der Waals surface area (Å²) >= 11 is 6.13. The molecule has 140 valence electrons. The van der Waals surface area contributed by atoms with Crippen LogP contribution in [0.3, 0.4) is 0 Å². The molecule has 0 radical (unpaired) electrons. The first-order valence-electron chi connectivity index (χ1n) is 7.65. The van der Waals surface area contributed by atoms with Crippen LogP contribution in [0.25, 0.3) is 0 Å². The standard InChI is InChI=1S/C18H15ClF3NO2.ClH/c19-15-4-2-1-3-12(15)9-23-10-13-7-14(18(20,21)22)6-5-11(13)8-16(23)17(24)25;/h1-7,16H,8-10H2,(H,24,25);1H. The first-order chi connectivity index (χ1) is 11.8. The number of aliphatic carboxylic acids is 1. The van der Waals surface area contributed by atoms with Crippen molar-refractivity contribution < 1.29 is 23.1 Å². The van der Waals surface area contributed by atoms with Gasteiger partial charge in [0.05, 0.1) is 5.56 Å². The van der Waals surface area contributed by atoms with Crippen molar-refractivity contribution in [3.63, 3.8) is 0 Å². The van der Waals surface area contributed by atoms with E-state index in [2.05, 4.69) is 0 Å². The van der Waals surface area contributed by atoms with Gasteiger partial charge >= 0.3 is 12.1 Å². The van der Waals surface area contributed by atoms with E-state index < -0.39 is 23.8 Å². The number of hydrogen-bond acceptors (Lipinski definition) is 2. The lowest BCUT2D eigenvalue weighted by Crippen LogP contribution is -2.45. The fourth-order valence-electron chi connectivity index (χ4n) is 3.07. The van der Waals surface area contributed by atoms with E-state index in [-0.39, 0.29) is 31.9 Å². The molecule has 26 heavy (non-hydrogen) atoms. The summed E-state index contributed by atoms with van der Waals surface area (Å²) in [4.78, 5) is 13.3. The minimum Gasteiger partial charge on any atom is -0.480 e. The van der Waals surface area contributed by atoms with Gasteiger partial charge in [0.1, 0.15) is 6.04 Å². The molecule has 0 aromatic heterocycles. The van der Waals surface area contributed by atoms with Gasteiger partial charge in [0, 0.05) is 18.1 Å². The molecule has 0 spiro atoms. The largest absolute Gasteiger partial charge is 0.480 e. The predicted molar refractivity (Wildman–Crippen MR) is 94.5 cm³/mol. The topological polar surface area (TPSA) is 40.5 Å². The summed E-state index contributed by atoms with van der Waals surface area (Å²) in [6, 6.07) is 9.71. The lowest BCUT2D eigenvalue weighted by atomic mass is 9.92. The highest BCUT2D eigenvalue weighted by atomic mass is 35.5. The maximum Gasteiger partial charge on any atom is 0.416 e. The summed E-state index contributed by atoms with van der Waals surface area (Å²) in [5.41, 5.74) is 1.15. The molecular weight excluding hydrogens is 390 g/mol. The van der Waals surface area contributed by atoms with Gasteiger partial charge in [0.25, 0.3) is 0 Å². The van der Waals surface area contributed by atoms with E-state index in [4.69, 9.17) is 11.6 Å². The van der Waals surface area contributed by atoms with E-state index in [9.17, 15) is 23.1 Å². The number of carbonyl (C=O) groups is 1. The monoisotopic (exact) mass is 405 g/mol. The molecule has 0 bridgehead atoms. The molecule has 3 nitrogen and oxygen atoms in total. The fraction of sp³-hybridized carbons (Fsp3) is 0.278. The quantitative estimate of drug-likeness (QED) is 0.797. The number of nitrogens with zero attached hydrogens (tertiary/aromatic N) is 1. The number of hydrogen-bond donors (Lipinski definition) is 1. The summed E-state index contributed by atoms with van der Waals surface area (Å²) in [6.07, 6.45) is -4.26. The molecule has 3 rings (SSSR count). The van der Waals surface area contributed by atoms with Crippen molar-refractivity contribution in [3.05, 3.63) is 69.7 Å². The van der Waals surface area contributed by atoms with E-state index in [0.717, 1.165) is 17.7 Å². The SMILES string of the molecule is Cl.O=C(O)C1Cc2ccc(C(F)(F)F)cc2CN1Cc1ccccc1Cl. The molecular formula is C18H16Cl2F3NO2. The average molecular weight is 406 g/mol. The molecule has 1 aliphatic rings. The number of halogens is 5. The highest BCUT2D eigenvalue weighted by Gasteiger charge is 2.35. The Hall–Kier alpha value is -1.76. The molecule has 1 aliphatic heterocycles. The second kappa shape index (κ2) is 7.86. The first kappa shape index (κ1) is 20.6. The number of benzene rings is 2. The molecule has 1 unspecified atom stereocenters. The number of rotatable bonds is 3. The summed E-state index contributed by atoms with van der Waals surface area (Å²) in [7, 11) is 0. The van der Waals surface area contributed by atoms with Gasteiger partial charge in [0.2, 0.25) is 0 Å². The zero-order valence-electron chi connectivity index (χ0n) is 13.5. The summed E-state index contributed by atoms with van der Waals surface area (Å²) < 4.78 is 38.8. The van der Waals surface area contributed by atoms with Crippen molar-refractivity contribution in [2.24, 2.45) is 0 Å². The van der Waals surface area contributed by atoms with E-state index in [0.29, 0.717) is 16.1 Å². The maximum absolute atomic E-state index is 12.9. The molecule has 2 aromatic rings. The zero-order chi connectivity index (χ0) is 18.2. The van der Waals surface area contributed by atoms with Crippen molar-refractivity contribution in [3.8, 4) is 0 Å². The normalized spacial score (nSPS) is 17.3. The molecule has 0 amide bonds. The van der Waals surface area contributed by atoms with Gasteiger partial charge in [-0.25, -0.2) is 0 Å². The maximum atomic E-state index is 12.9. The van der Waals surface area contributed by atoms with E-state index in [1.165, 1.54) is 6.07 Å². The lowest BCUT2D eigenvalue weighted by Gasteiger charge is -2.35.